The summed E-state index contributed by atoms with van der Waals surface area (Å²) in [4.78, 5) is 22.1. The molecule has 1 N–H and O–H groups in total. The van der Waals surface area contributed by atoms with E-state index in [-0.39, 0.29) is 29.6 Å². The molecule has 0 bridgehead atoms. The predicted molar refractivity (Wildman–Crippen MR) is 57.0 cm³/mol. The number of hydrogen-bond donors (Lipinski definition) is 1. The Morgan fingerprint density at radius 3 is 2.73 bits per heavy atom. The van der Waals surface area contributed by atoms with Gasteiger partial charge in [0.1, 0.15) is 0 Å². The van der Waals surface area contributed by atoms with Gasteiger partial charge in [-0.2, -0.15) is 0 Å². The molecule has 1 saturated heterocycles. The molecule has 1 aliphatic heterocycles. The number of amides is 1. The first-order valence-corrected chi connectivity index (χ1v) is 5.25. The lowest BCUT2D eigenvalue weighted by atomic mass is 9.85. The summed E-state index contributed by atoms with van der Waals surface area (Å²) in [7, 11) is 0. The largest absolute Gasteiger partial charge is 0.352 e. The fourth-order valence-corrected chi connectivity index (χ4v) is 2.56. The van der Waals surface area contributed by atoms with Crippen LogP contribution in [0.5, 0.6) is 0 Å². The summed E-state index contributed by atoms with van der Waals surface area (Å²) in [5.41, 5.74) is 0. The fraction of sp³-hybridized carbons (Fsp3) is 0.500. The zero-order chi connectivity index (χ0) is 11.0. The summed E-state index contributed by atoms with van der Waals surface area (Å²) in [5, 5.41) is 2.89. The van der Waals surface area contributed by atoms with Gasteiger partial charge < -0.3 is 5.32 Å². The molecule has 3 nitrogen and oxygen atoms in total. The molecule has 80 valence electrons. The number of fused-ring (bicyclic) bond motifs is 1. The van der Waals surface area contributed by atoms with Gasteiger partial charge >= 0.3 is 0 Å². The van der Waals surface area contributed by atoms with E-state index in [0.717, 1.165) is 6.42 Å². The van der Waals surface area contributed by atoms with Crippen molar-refractivity contribution in [1.82, 2.24) is 5.32 Å². The van der Waals surface area contributed by atoms with Crippen molar-refractivity contribution in [3.05, 3.63) is 24.8 Å². The van der Waals surface area contributed by atoms with Crippen LogP contribution in [0.2, 0.25) is 0 Å². The summed E-state index contributed by atoms with van der Waals surface area (Å²) in [6, 6.07) is 0.219. The van der Waals surface area contributed by atoms with Crippen LogP contribution in [0.3, 0.4) is 0 Å². The average Bonchev–Trinajstić information content (AvgIpc) is 2.47. The van der Waals surface area contributed by atoms with Crippen molar-refractivity contribution >= 4 is 11.7 Å². The number of allylic oxidation sites excluding steroid dienone is 2. The first-order chi connectivity index (χ1) is 7.13. The topological polar surface area (TPSA) is 46.2 Å². The zero-order valence-corrected chi connectivity index (χ0v) is 8.77. The van der Waals surface area contributed by atoms with Crippen LogP contribution in [0.25, 0.3) is 0 Å². The van der Waals surface area contributed by atoms with Gasteiger partial charge in [0.2, 0.25) is 5.91 Å². The van der Waals surface area contributed by atoms with Crippen LogP contribution in [0.1, 0.15) is 13.3 Å². The van der Waals surface area contributed by atoms with Crippen molar-refractivity contribution in [3.8, 4) is 0 Å². The number of carbonyl (C=O) groups excluding carboxylic acids is 2. The van der Waals surface area contributed by atoms with Gasteiger partial charge in [0, 0.05) is 6.04 Å². The third-order valence-electron chi connectivity index (χ3n) is 3.35. The van der Waals surface area contributed by atoms with E-state index in [1.165, 1.54) is 6.92 Å². The number of carbonyl (C=O) groups is 2. The maximum Gasteiger partial charge on any atom is 0.226 e. The van der Waals surface area contributed by atoms with Crippen molar-refractivity contribution in [3.63, 3.8) is 0 Å². The molecule has 15 heavy (non-hydrogen) atoms. The van der Waals surface area contributed by atoms with E-state index in [1.807, 2.05) is 12.2 Å². The number of rotatable bonds is 3. The van der Waals surface area contributed by atoms with Crippen molar-refractivity contribution in [2.24, 2.45) is 17.8 Å². The minimum absolute atomic E-state index is 0.0549. The van der Waals surface area contributed by atoms with Crippen LogP contribution >= 0.6 is 0 Å². The minimum atomic E-state index is 0.0549. The summed E-state index contributed by atoms with van der Waals surface area (Å²) >= 11 is 0. The van der Waals surface area contributed by atoms with E-state index in [1.54, 1.807) is 6.08 Å². The lowest BCUT2D eigenvalue weighted by molar-refractivity contribution is -0.135. The normalized spacial score (nSPS) is 38.3. The maximum absolute atomic E-state index is 11.3. The lowest BCUT2D eigenvalue weighted by Gasteiger charge is -2.35. The molecule has 1 aliphatic carbocycles. The maximum atomic E-state index is 11.3. The molecule has 0 unspecified atom stereocenters. The third kappa shape index (κ3) is 1.62. The van der Waals surface area contributed by atoms with Gasteiger partial charge in [-0.15, -0.1) is 6.58 Å². The van der Waals surface area contributed by atoms with E-state index in [2.05, 4.69) is 11.9 Å². The Morgan fingerprint density at radius 2 is 2.27 bits per heavy atom. The Bertz CT molecular complexity index is 346. The molecule has 1 heterocycles. The molecule has 0 aromatic rings. The highest BCUT2D eigenvalue weighted by atomic mass is 16.2. The average molecular weight is 205 g/mol. The molecule has 3 heteroatoms. The highest BCUT2D eigenvalue weighted by molar-refractivity contribution is 5.88. The molecule has 0 aromatic heterocycles. The van der Waals surface area contributed by atoms with Crippen LogP contribution in [0.4, 0.5) is 0 Å². The smallest absolute Gasteiger partial charge is 0.226 e. The summed E-state index contributed by atoms with van der Waals surface area (Å²) < 4.78 is 0. The van der Waals surface area contributed by atoms with Gasteiger partial charge in [-0.25, -0.2) is 0 Å². The molecule has 0 aromatic carbocycles. The Balaban J connectivity index is 2.08. The monoisotopic (exact) mass is 205 g/mol. The second-order valence-corrected chi connectivity index (χ2v) is 4.33. The van der Waals surface area contributed by atoms with E-state index in [4.69, 9.17) is 0 Å². The van der Waals surface area contributed by atoms with Gasteiger partial charge in [0.25, 0.3) is 0 Å². The minimum Gasteiger partial charge on any atom is -0.352 e. The molecule has 2 fully saturated rings. The molecule has 2 rings (SSSR count). The van der Waals surface area contributed by atoms with Crippen molar-refractivity contribution < 1.29 is 9.59 Å². The molecule has 4 atom stereocenters. The lowest BCUT2D eigenvalue weighted by Crippen LogP contribution is -2.58. The number of ketones is 1. The van der Waals surface area contributed by atoms with Gasteiger partial charge in [-0.3, -0.25) is 9.59 Å². The van der Waals surface area contributed by atoms with E-state index < -0.39 is 0 Å². The Hall–Kier alpha value is -1.38. The summed E-state index contributed by atoms with van der Waals surface area (Å²) in [6.45, 7) is 5.29. The first-order valence-electron chi connectivity index (χ1n) is 5.25. The SMILES string of the molecule is C=C[C@H]1C[C@@H](/C=C/C(C)=O)[C@@H]2NC(=O)[C@@H]21. The predicted octanol–water partition coefficient (Wildman–Crippen LogP) is 1.07. The third-order valence-corrected chi connectivity index (χ3v) is 3.35. The Kier molecular flexibility index (Phi) is 2.47. The number of nitrogens with one attached hydrogen (secondary N) is 1. The molecular formula is C12H15NO2. The standard InChI is InChI=1S/C12H15NO2/c1-3-8-6-9(5-4-7(2)14)11-10(8)12(15)13-11/h3-5,8-11H,1,6H2,2H3,(H,13,15)/b5-4+/t8-,9+,10+,11-/m0/s1. The highest BCUT2D eigenvalue weighted by Crippen LogP contribution is 2.43. The van der Waals surface area contributed by atoms with Crippen LogP contribution in [-0.4, -0.2) is 17.7 Å². The Morgan fingerprint density at radius 1 is 1.53 bits per heavy atom. The second-order valence-electron chi connectivity index (χ2n) is 4.33. The van der Waals surface area contributed by atoms with Crippen molar-refractivity contribution in [2.75, 3.05) is 0 Å². The molecule has 1 saturated carbocycles. The van der Waals surface area contributed by atoms with Crippen molar-refractivity contribution in [1.29, 1.82) is 0 Å². The van der Waals surface area contributed by atoms with Crippen LogP contribution in [-0.2, 0) is 9.59 Å². The molecule has 0 spiro atoms. The van der Waals surface area contributed by atoms with E-state index >= 15 is 0 Å². The zero-order valence-electron chi connectivity index (χ0n) is 8.77. The van der Waals surface area contributed by atoms with Crippen LogP contribution in [0, 0.1) is 17.8 Å². The van der Waals surface area contributed by atoms with E-state index in [0.29, 0.717) is 5.92 Å². The van der Waals surface area contributed by atoms with Gasteiger partial charge in [-0.05, 0) is 31.3 Å². The van der Waals surface area contributed by atoms with Gasteiger partial charge in [0.15, 0.2) is 5.78 Å². The molecular weight excluding hydrogens is 190 g/mol. The molecule has 2 aliphatic rings. The second kappa shape index (κ2) is 3.65. The first kappa shape index (κ1) is 10.1. The summed E-state index contributed by atoms with van der Waals surface area (Å²) in [5.74, 6) is 0.831. The summed E-state index contributed by atoms with van der Waals surface area (Å²) in [6.07, 6.45) is 6.29. The highest BCUT2D eigenvalue weighted by Gasteiger charge is 2.52. The van der Waals surface area contributed by atoms with E-state index in [9.17, 15) is 9.59 Å². The van der Waals surface area contributed by atoms with Crippen LogP contribution < -0.4 is 5.32 Å². The molecule has 0 radical (unpaired) electrons. The fourth-order valence-electron chi connectivity index (χ4n) is 2.56. The quantitative estimate of drug-likeness (QED) is 0.425. The molecule has 1 amide bonds. The number of β-lactam (4-membered cyclic amide) rings is 1. The van der Waals surface area contributed by atoms with Crippen molar-refractivity contribution in [2.45, 2.75) is 19.4 Å². The van der Waals surface area contributed by atoms with Gasteiger partial charge in [0.05, 0.1) is 5.92 Å². The van der Waals surface area contributed by atoms with Gasteiger partial charge in [-0.1, -0.05) is 12.2 Å². The Labute approximate surface area is 89.2 Å². The van der Waals surface area contributed by atoms with Crippen LogP contribution in [0.15, 0.2) is 24.8 Å². The number of hydrogen-bond acceptors (Lipinski definition) is 2.